The second-order valence-corrected chi connectivity index (χ2v) is 8.98. The van der Waals surface area contributed by atoms with Crippen LogP contribution in [0.25, 0.3) is 0 Å². The normalized spacial score (nSPS) is 15.1. The Morgan fingerprint density at radius 2 is 1.53 bits per heavy atom. The summed E-state index contributed by atoms with van der Waals surface area (Å²) in [6.07, 6.45) is 0. The van der Waals surface area contributed by atoms with Crippen LogP contribution in [0.4, 0.5) is 15.8 Å². The number of halogens is 1. The smallest absolute Gasteiger partial charge is 0.254 e. The van der Waals surface area contributed by atoms with Crippen LogP contribution in [0.1, 0.15) is 18.4 Å². The minimum atomic E-state index is -0.944. The Bertz CT molecular complexity index is 1380. The molecule has 2 amide bonds. The van der Waals surface area contributed by atoms with E-state index in [0.717, 1.165) is 11.8 Å². The van der Waals surface area contributed by atoms with Crippen molar-refractivity contribution in [3.05, 3.63) is 118 Å². The van der Waals surface area contributed by atoms with Crippen molar-refractivity contribution in [2.75, 3.05) is 16.4 Å². The Morgan fingerprint density at radius 3 is 2.14 bits per heavy atom. The molecule has 0 aromatic heterocycles. The number of thioether (sulfide) groups is 1. The average molecular weight is 499 g/mol. The van der Waals surface area contributed by atoms with Gasteiger partial charge in [-0.1, -0.05) is 66.4 Å². The number of hydrogen-bond donors (Lipinski definition) is 3. The number of amides is 2. The fraction of sp³-hybridized carbons (Fsp3) is 0.107. The lowest BCUT2D eigenvalue weighted by Gasteiger charge is -2.30. The quantitative estimate of drug-likeness (QED) is 0.398. The lowest BCUT2D eigenvalue weighted by molar-refractivity contribution is -0.114. The number of nitrogens with zero attached hydrogens (tertiary/aromatic N) is 1. The third-order valence-corrected chi connectivity index (χ3v) is 6.56. The number of carbonyl (C=O) groups is 2. The maximum absolute atomic E-state index is 15.0. The molecule has 3 aromatic carbocycles. The first-order chi connectivity index (χ1) is 17.5. The lowest BCUT2D eigenvalue weighted by Crippen LogP contribution is -2.31. The third-order valence-electron chi connectivity index (χ3n) is 5.55. The Hall–Kier alpha value is -4.35. The SMILES string of the molecule is CC1=C(C(=O)Nc2ccccc2)[C@@H](c2ccccc2F)C(C#N)=C(SCC(=O)Nc2ccccc2)N1. The highest BCUT2D eigenvalue weighted by Gasteiger charge is 2.36. The summed E-state index contributed by atoms with van der Waals surface area (Å²) in [6, 6.07) is 26.2. The van der Waals surface area contributed by atoms with Gasteiger partial charge in [-0.3, -0.25) is 9.59 Å². The predicted octanol–water partition coefficient (Wildman–Crippen LogP) is 5.53. The topological polar surface area (TPSA) is 94.0 Å². The minimum absolute atomic E-state index is 0.0191. The Kier molecular flexibility index (Phi) is 7.83. The molecule has 3 N–H and O–H groups in total. The van der Waals surface area contributed by atoms with Crippen molar-refractivity contribution in [1.82, 2.24) is 5.32 Å². The molecule has 3 aromatic rings. The Labute approximate surface area is 212 Å². The number of nitriles is 1. The van der Waals surface area contributed by atoms with Crippen molar-refractivity contribution in [1.29, 1.82) is 5.26 Å². The van der Waals surface area contributed by atoms with Gasteiger partial charge < -0.3 is 16.0 Å². The monoisotopic (exact) mass is 498 g/mol. The van der Waals surface area contributed by atoms with E-state index in [1.807, 2.05) is 24.3 Å². The van der Waals surface area contributed by atoms with Crippen LogP contribution in [0.3, 0.4) is 0 Å². The van der Waals surface area contributed by atoms with Gasteiger partial charge in [0.2, 0.25) is 5.91 Å². The number of carbonyl (C=O) groups excluding carboxylic acids is 2. The average Bonchev–Trinajstić information content (AvgIpc) is 2.88. The van der Waals surface area contributed by atoms with Crippen LogP contribution < -0.4 is 16.0 Å². The van der Waals surface area contributed by atoms with E-state index in [1.54, 1.807) is 61.5 Å². The van der Waals surface area contributed by atoms with Gasteiger partial charge in [0, 0.05) is 28.2 Å². The van der Waals surface area contributed by atoms with E-state index in [0.29, 0.717) is 22.1 Å². The van der Waals surface area contributed by atoms with Crippen molar-refractivity contribution in [2.24, 2.45) is 0 Å². The minimum Gasteiger partial charge on any atom is -0.353 e. The summed E-state index contributed by atoms with van der Waals surface area (Å²) in [5, 5.41) is 19.3. The summed E-state index contributed by atoms with van der Waals surface area (Å²) in [5.41, 5.74) is 2.33. The number of allylic oxidation sites excluding steroid dienone is 2. The van der Waals surface area contributed by atoms with Crippen LogP contribution in [0.5, 0.6) is 0 Å². The molecule has 0 saturated carbocycles. The molecule has 4 rings (SSSR count). The fourth-order valence-corrected chi connectivity index (χ4v) is 4.82. The van der Waals surface area contributed by atoms with Gasteiger partial charge in [0.15, 0.2) is 0 Å². The van der Waals surface area contributed by atoms with E-state index < -0.39 is 17.6 Å². The van der Waals surface area contributed by atoms with E-state index in [1.165, 1.54) is 6.07 Å². The zero-order valence-corrected chi connectivity index (χ0v) is 20.2. The van der Waals surface area contributed by atoms with E-state index in [9.17, 15) is 19.2 Å². The molecule has 0 radical (unpaired) electrons. The summed E-state index contributed by atoms with van der Waals surface area (Å²) in [5.74, 6) is -2.15. The molecule has 0 spiro atoms. The van der Waals surface area contributed by atoms with E-state index in [4.69, 9.17) is 0 Å². The molecule has 0 saturated heterocycles. The van der Waals surface area contributed by atoms with Gasteiger partial charge in [0.1, 0.15) is 5.82 Å². The molecular weight excluding hydrogens is 475 g/mol. The van der Waals surface area contributed by atoms with Gasteiger partial charge in [0.25, 0.3) is 5.91 Å². The van der Waals surface area contributed by atoms with Crippen molar-refractivity contribution in [3.8, 4) is 6.07 Å². The van der Waals surface area contributed by atoms with Crippen molar-refractivity contribution >= 4 is 35.0 Å². The molecule has 1 aliphatic heterocycles. The Balaban J connectivity index is 1.65. The lowest BCUT2D eigenvalue weighted by atomic mass is 9.82. The molecule has 180 valence electrons. The summed E-state index contributed by atoms with van der Waals surface area (Å²) >= 11 is 1.13. The van der Waals surface area contributed by atoms with Gasteiger partial charge in [-0.05, 0) is 37.3 Å². The zero-order valence-electron chi connectivity index (χ0n) is 19.4. The highest BCUT2D eigenvalue weighted by Crippen LogP contribution is 2.41. The molecule has 1 atom stereocenters. The van der Waals surface area contributed by atoms with Crippen molar-refractivity contribution < 1.29 is 14.0 Å². The number of dihydropyridines is 1. The summed E-state index contributed by atoms with van der Waals surface area (Å²) in [7, 11) is 0. The van der Waals surface area contributed by atoms with E-state index in [2.05, 4.69) is 22.0 Å². The van der Waals surface area contributed by atoms with Crippen LogP contribution in [0, 0.1) is 17.1 Å². The third kappa shape index (κ3) is 5.65. The summed E-state index contributed by atoms with van der Waals surface area (Å²) < 4.78 is 15.0. The Morgan fingerprint density at radius 1 is 0.944 bits per heavy atom. The van der Waals surface area contributed by atoms with Crippen LogP contribution in [0.2, 0.25) is 0 Å². The summed E-state index contributed by atoms with van der Waals surface area (Å²) in [6.45, 7) is 1.70. The molecular formula is C28H23FN4O2S. The van der Waals surface area contributed by atoms with Gasteiger partial charge in [-0.15, -0.1) is 0 Å². The number of hydrogen-bond acceptors (Lipinski definition) is 5. The molecule has 0 fully saturated rings. The van der Waals surface area contributed by atoms with Gasteiger partial charge in [-0.25, -0.2) is 4.39 Å². The number of nitrogens with one attached hydrogen (secondary N) is 3. The molecule has 1 aliphatic rings. The van der Waals surface area contributed by atoms with Crippen LogP contribution in [0.15, 0.2) is 107 Å². The van der Waals surface area contributed by atoms with E-state index in [-0.39, 0.29) is 28.4 Å². The van der Waals surface area contributed by atoms with Crippen LogP contribution in [-0.4, -0.2) is 17.6 Å². The molecule has 0 unspecified atom stereocenters. The highest BCUT2D eigenvalue weighted by molar-refractivity contribution is 8.03. The molecule has 0 aliphatic carbocycles. The molecule has 6 nitrogen and oxygen atoms in total. The zero-order chi connectivity index (χ0) is 25.5. The molecule has 8 heteroatoms. The van der Waals surface area contributed by atoms with Crippen LogP contribution in [-0.2, 0) is 9.59 Å². The molecule has 1 heterocycles. The largest absolute Gasteiger partial charge is 0.353 e. The fourth-order valence-electron chi connectivity index (χ4n) is 3.92. The molecule has 0 bridgehead atoms. The van der Waals surface area contributed by atoms with Gasteiger partial charge in [0.05, 0.1) is 28.3 Å². The first-order valence-corrected chi connectivity index (χ1v) is 12.2. The highest BCUT2D eigenvalue weighted by atomic mass is 32.2. The van der Waals surface area contributed by atoms with Crippen molar-refractivity contribution in [3.63, 3.8) is 0 Å². The maximum Gasteiger partial charge on any atom is 0.254 e. The van der Waals surface area contributed by atoms with Gasteiger partial charge in [-0.2, -0.15) is 5.26 Å². The first-order valence-electron chi connectivity index (χ1n) is 11.2. The summed E-state index contributed by atoms with van der Waals surface area (Å²) in [4.78, 5) is 25.9. The molecule has 36 heavy (non-hydrogen) atoms. The second kappa shape index (κ2) is 11.4. The van der Waals surface area contributed by atoms with Crippen molar-refractivity contribution in [2.45, 2.75) is 12.8 Å². The van der Waals surface area contributed by atoms with Crippen LogP contribution >= 0.6 is 11.8 Å². The van der Waals surface area contributed by atoms with E-state index >= 15 is 0 Å². The first kappa shape index (κ1) is 24.8. The number of para-hydroxylation sites is 2. The standard InChI is InChI=1S/C28H23FN4O2S/c1-18-25(27(35)33-20-12-6-3-7-13-20)26(21-14-8-9-15-23(21)29)22(16-30)28(31-18)36-17-24(34)32-19-10-4-2-5-11-19/h2-15,26,31H,17H2,1H3,(H,32,34)(H,33,35)/t26-/m0/s1. The second-order valence-electron chi connectivity index (χ2n) is 8.00. The number of benzene rings is 3. The van der Waals surface area contributed by atoms with Gasteiger partial charge >= 0.3 is 0 Å². The number of anilines is 2. The number of rotatable bonds is 7. The predicted molar refractivity (Wildman–Crippen MR) is 140 cm³/mol. The maximum atomic E-state index is 15.0.